The van der Waals surface area contributed by atoms with Gasteiger partial charge in [0.25, 0.3) is 0 Å². The van der Waals surface area contributed by atoms with Crippen molar-refractivity contribution in [2.45, 2.75) is 37.5 Å². The maximum Gasteiger partial charge on any atom is 0.246 e. The second-order valence-electron chi connectivity index (χ2n) is 7.73. The second-order valence-corrected chi connectivity index (χ2v) is 10.9. The maximum atomic E-state index is 13.9. The van der Waals surface area contributed by atoms with Gasteiger partial charge in [0.05, 0.1) is 4.88 Å². The molecule has 1 aromatic carbocycles. The fourth-order valence-electron chi connectivity index (χ4n) is 3.49. The van der Waals surface area contributed by atoms with Gasteiger partial charge in [-0.15, -0.1) is 11.3 Å². The minimum atomic E-state index is -4.15. The zero-order chi connectivity index (χ0) is 24.2. The van der Waals surface area contributed by atoms with Gasteiger partial charge in [0.15, 0.2) is 5.78 Å². The molecule has 0 bridgehead atoms. The molecule has 11 heteroatoms. The van der Waals surface area contributed by atoms with E-state index in [1.165, 1.54) is 16.2 Å². The van der Waals surface area contributed by atoms with Gasteiger partial charge in [-0.1, -0.05) is 0 Å². The number of aryl methyl sites for hydroxylation is 1. The predicted octanol–water partition coefficient (Wildman–Crippen LogP) is 3.18. The molecule has 2 heterocycles. The lowest BCUT2D eigenvalue weighted by molar-refractivity contribution is -0.134. The van der Waals surface area contributed by atoms with E-state index < -0.39 is 26.6 Å². The molecule has 1 saturated heterocycles. The lowest BCUT2D eigenvalue weighted by Crippen LogP contribution is -2.50. The fraction of sp³-hybridized carbons (Fsp3) is 0.409. The smallest absolute Gasteiger partial charge is 0.246 e. The molecule has 0 atom stereocenters. The van der Waals surface area contributed by atoms with Crippen molar-refractivity contribution in [1.82, 2.24) is 9.21 Å². The molecule has 7 nitrogen and oxygen atoms in total. The molecule has 1 aliphatic heterocycles. The van der Waals surface area contributed by atoms with Gasteiger partial charge in [-0.2, -0.15) is 4.31 Å². The highest BCUT2D eigenvalue weighted by molar-refractivity contribution is 7.89. The van der Waals surface area contributed by atoms with E-state index in [1.807, 2.05) is 13.0 Å². The first-order chi connectivity index (χ1) is 15.6. The molecule has 1 aliphatic rings. The van der Waals surface area contributed by atoms with Crippen LogP contribution in [0.5, 0.6) is 0 Å². The van der Waals surface area contributed by atoms with Gasteiger partial charge in [-0.3, -0.25) is 14.4 Å². The lowest BCUT2D eigenvalue weighted by Gasteiger charge is -2.34. The van der Waals surface area contributed by atoms with Crippen molar-refractivity contribution in [3.63, 3.8) is 0 Å². The average molecular weight is 499 g/mol. The van der Waals surface area contributed by atoms with Gasteiger partial charge < -0.3 is 4.90 Å². The van der Waals surface area contributed by atoms with Crippen molar-refractivity contribution in [2.75, 3.05) is 26.2 Å². The summed E-state index contributed by atoms with van der Waals surface area (Å²) in [7, 11) is -4.15. The Morgan fingerprint density at radius 1 is 0.939 bits per heavy atom. The van der Waals surface area contributed by atoms with E-state index in [9.17, 15) is 31.6 Å². The SMILES string of the molecule is Cc1ccc(C(=O)CCC(=O)CCC(=O)N2CCN(S(=O)(=O)c3ccc(F)cc3F)CC2)s1. The zero-order valence-electron chi connectivity index (χ0n) is 18.1. The summed E-state index contributed by atoms with van der Waals surface area (Å²) in [6.45, 7) is 2.03. The Labute approximate surface area is 195 Å². The number of thiophene rings is 1. The van der Waals surface area contributed by atoms with Gasteiger partial charge in [0.1, 0.15) is 22.3 Å². The van der Waals surface area contributed by atoms with Gasteiger partial charge in [-0.05, 0) is 31.2 Å². The average Bonchev–Trinajstić information content (AvgIpc) is 3.22. The maximum absolute atomic E-state index is 13.9. The van der Waals surface area contributed by atoms with E-state index in [0.29, 0.717) is 10.9 Å². The summed E-state index contributed by atoms with van der Waals surface area (Å²) in [5.41, 5.74) is 0. The number of benzene rings is 1. The monoisotopic (exact) mass is 498 g/mol. The molecule has 3 rings (SSSR count). The normalized spacial score (nSPS) is 14.9. The first kappa shape index (κ1) is 25.1. The number of piperazine rings is 1. The number of amides is 1. The summed E-state index contributed by atoms with van der Waals surface area (Å²) < 4.78 is 53.3. The number of hydrogen-bond acceptors (Lipinski definition) is 6. The molecule has 0 saturated carbocycles. The molecule has 33 heavy (non-hydrogen) atoms. The second kappa shape index (κ2) is 10.6. The van der Waals surface area contributed by atoms with Crippen LogP contribution in [0.3, 0.4) is 0 Å². The molecule has 0 aliphatic carbocycles. The number of hydrogen-bond donors (Lipinski definition) is 0. The van der Waals surface area contributed by atoms with Crippen molar-refractivity contribution in [2.24, 2.45) is 0 Å². The molecule has 0 unspecified atom stereocenters. The van der Waals surface area contributed by atoms with Crippen LogP contribution >= 0.6 is 11.3 Å². The Morgan fingerprint density at radius 2 is 1.61 bits per heavy atom. The topological polar surface area (TPSA) is 91.8 Å². The number of ketones is 2. The molecule has 1 amide bonds. The highest BCUT2D eigenvalue weighted by Crippen LogP contribution is 2.22. The number of sulfonamides is 1. The summed E-state index contributed by atoms with van der Waals surface area (Å²) >= 11 is 1.38. The van der Waals surface area contributed by atoms with Gasteiger partial charge >= 0.3 is 0 Å². The molecule has 1 aromatic heterocycles. The Bertz CT molecular complexity index is 1160. The quantitative estimate of drug-likeness (QED) is 0.495. The van der Waals surface area contributed by atoms with Crippen molar-refractivity contribution in [3.8, 4) is 0 Å². The van der Waals surface area contributed by atoms with E-state index in [2.05, 4.69) is 0 Å². The van der Waals surface area contributed by atoms with E-state index in [4.69, 9.17) is 0 Å². The van der Waals surface area contributed by atoms with Crippen molar-refractivity contribution in [3.05, 3.63) is 51.7 Å². The Balaban J connectivity index is 1.44. The van der Waals surface area contributed by atoms with E-state index in [0.717, 1.165) is 21.3 Å². The summed E-state index contributed by atoms with van der Waals surface area (Å²) in [5, 5.41) is 0. The third-order valence-corrected chi connectivity index (χ3v) is 8.34. The summed E-state index contributed by atoms with van der Waals surface area (Å²) in [5.74, 6) is -2.60. The van der Waals surface area contributed by atoms with Gasteiger partial charge in [0, 0.05) is 62.8 Å². The predicted molar refractivity (Wildman–Crippen MR) is 119 cm³/mol. The first-order valence-electron chi connectivity index (χ1n) is 10.4. The van der Waals surface area contributed by atoms with Crippen molar-refractivity contribution >= 4 is 38.8 Å². The summed E-state index contributed by atoms with van der Waals surface area (Å²) in [6, 6.07) is 5.86. The third-order valence-electron chi connectivity index (χ3n) is 5.37. The fourth-order valence-corrected chi connectivity index (χ4v) is 5.79. The molecule has 178 valence electrons. The van der Waals surface area contributed by atoms with E-state index in [-0.39, 0.29) is 69.3 Å². The number of carbonyl (C=O) groups is 3. The van der Waals surface area contributed by atoms with Crippen LogP contribution in [0.4, 0.5) is 8.78 Å². The van der Waals surface area contributed by atoms with Crippen LogP contribution in [-0.2, 0) is 19.6 Å². The third kappa shape index (κ3) is 6.30. The number of rotatable bonds is 9. The van der Waals surface area contributed by atoms with Crippen molar-refractivity contribution < 1.29 is 31.6 Å². The van der Waals surface area contributed by atoms with Crippen LogP contribution in [0.1, 0.15) is 40.2 Å². The van der Waals surface area contributed by atoms with Gasteiger partial charge in [0.2, 0.25) is 15.9 Å². The van der Waals surface area contributed by atoms with Crippen LogP contribution in [-0.4, -0.2) is 61.3 Å². The van der Waals surface area contributed by atoms with E-state index in [1.54, 1.807) is 6.07 Å². The lowest BCUT2D eigenvalue weighted by atomic mass is 10.1. The van der Waals surface area contributed by atoms with Crippen LogP contribution in [0.25, 0.3) is 0 Å². The minimum Gasteiger partial charge on any atom is -0.340 e. The number of Topliss-reactive ketones (excluding diaryl/α,β-unsaturated/α-hetero) is 2. The molecule has 0 radical (unpaired) electrons. The van der Waals surface area contributed by atoms with Crippen LogP contribution in [0.15, 0.2) is 35.2 Å². The molecule has 1 fully saturated rings. The number of carbonyl (C=O) groups excluding carboxylic acids is 3. The first-order valence-corrected chi connectivity index (χ1v) is 12.7. The Hall–Kier alpha value is -2.50. The summed E-state index contributed by atoms with van der Waals surface area (Å²) in [6.07, 6.45) is 0.154. The minimum absolute atomic E-state index is 0.00881. The van der Waals surface area contributed by atoms with E-state index >= 15 is 0 Å². The molecular weight excluding hydrogens is 474 g/mol. The summed E-state index contributed by atoms with van der Waals surface area (Å²) in [4.78, 5) is 39.1. The van der Waals surface area contributed by atoms with Crippen LogP contribution in [0.2, 0.25) is 0 Å². The molecule has 0 N–H and O–H groups in total. The highest BCUT2D eigenvalue weighted by Gasteiger charge is 2.32. The van der Waals surface area contributed by atoms with Crippen LogP contribution < -0.4 is 0 Å². The van der Waals surface area contributed by atoms with Crippen LogP contribution in [0, 0.1) is 18.6 Å². The molecular formula is C22H24F2N2O5S2. The highest BCUT2D eigenvalue weighted by atomic mass is 32.2. The Kier molecular flexibility index (Phi) is 8.09. The standard InChI is InChI=1S/C22H24F2N2O5S2/c1-15-2-7-20(32-15)19(28)6-4-17(27)5-9-22(29)25-10-12-26(13-11-25)33(30,31)21-8-3-16(23)14-18(21)24/h2-3,7-8,14H,4-6,9-13H2,1H3. The van der Waals surface area contributed by atoms with Crippen molar-refractivity contribution in [1.29, 1.82) is 0 Å². The zero-order valence-corrected chi connectivity index (χ0v) is 19.7. The molecule has 0 spiro atoms. The van der Waals surface area contributed by atoms with Gasteiger partial charge in [-0.25, -0.2) is 17.2 Å². The number of halogens is 2. The number of nitrogens with zero attached hydrogens (tertiary/aromatic N) is 2. The Morgan fingerprint density at radius 3 is 2.21 bits per heavy atom. The molecule has 2 aromatic rings. The largest absolute Gasteiger partial charge is 0.340 e.